The molecule has 0 aliphatic carbocycles. The van der Waals surface area contributed by atoms with Crippen molar-refractivity contribution in [1.29, 1.82) is 0 Å². The second kappa shape index (κ2) is 13.2. The molecule has 0 unspecified atom stereocenters. The average Bonchev–Trinajstić information content (AvgIpc) is 2.69. The lowest BCUT2D eigenvalue weighted by atomic mass is 10.2. The molecule has 6 nitrogen and oxygen atoms in total. The van der Waals surface area contributed by atoms with Crippen LogP contribution < -0.4 is 20.1 Å². The summed E-state index contributed by atoms with van der Waals surface area (Å²) in [5, 5.41) is 6.61. The first-order valence-electron chi connectivity index (χ1n) is 8.91. The van der Waals surface area contributed by atoms with Gasteiger partial charge in [-0.2, -0.15) is 0 Å². The minimum absolute atomic E-state index is 0. The molecule has 148 valence electrons. The van der Waals surface area contributed by atoms with Gasteiger partial charge >= 0.3 is 0 Å². The van der Waals surface area contributed by atoms with Gasteiger partial charge in [-0.05, 0) is 30.2 Å². The predicted molar refractivity (Wildman–Crippen MR) is 120 cm³/mol. The Balaban J connectivity index is 0.00000364. The minimum Gasteiger partial charge on any atom is -0.497 e. The van der Waals surface area contributed by atoms with E-state index in [-0.39, 0.29) is 24.0 Å². The molecule has 0 amide bonds. The fraction of sp³-hybridized carbons (Fsp3) is 0.400. The number of rotatable bonds is 9. The number of pyridine rings is 1. The summed E-state index contributed by atoms with van der Waals surface area (Å²) in [5.41, 5.74) is 2.16. The number of unbranched alkanes of at least 4 members (excludes halogenated alkanes) is 1. The SMILES string of the molecule is CCCCOc1ncccc1CNC(=NC)NCc1ccc(OC)cc1.I. The van der Waals surface area contributed by atoms with E-state index >= 15 is 0 Å². The van der Waals surface area contributed by atoms with Crippen LogP contribution in [0.1, 0.15) is 30.9 Å². The van der Waals surface area contributed by atoms with Crippen LogP contribution in [0.4, 0.5) is 0 Å². The van der Waals surface area contributed by atoms with Crippen LogP contribution >= 0.6 is 24.0 Å². The lowest BCUT2D eigenvalue weighted by Crippen LogP contribution is -2.36. The Labute approximate surface area is 178 Å². The molecule has 0 spiro atoms. The molecule has 0 saturated carbocycles. The second-order valence-electron chi connectivity index (χ2n) is 5.80. The number of ether oxygens (including phenoxy) is 2. The summed E-state index contributed by atoms with van der Waals surface area (Å²) in [7, 11) is 3.42. The zero-order valence-electron chi connectivity index (χ0n) is 16.2. The van der Waals surface area contributed by atoms with Gasteiger partial charge in [-0.1, -0.05) is 31.5 Å². The molecule has 0 saturated heterocycles. The van der Waals surface area contributed by atoms with Crippen LogP contribution in [-0.4, -0.2) is 31.7 Å². The largest absolute Gasteiger partial charge is 0.497 e. The van der Waals surface area contributed by atoms with E-state index in [1.165, 1.54) is 0 Å². The molecule has 0 fully saturated rings. The van der Waals surface area contributed by atoms with Crippen LogP contribution in [0.5, 0.6) is 11.6 Å². The van der Waals surface area contributed by atoms with Gasteiger partial charge in [0.2, 0.25) is 5.88 Å². The zero-order chi connectivity index (χ0) is 18.6. The maximum absolute atomic E-state index is 5.77. The smallest absolute Gasteiger partial charge is 0.218 e. The van der Waals surface area contributed by atoms with E-state index in [9.17, 15) is 0 Å². The Morgan fingerprint density at radius 1 is 1.11 bits per heavy atom. The van der Waals surface area contributed by atoms with Crippen molar-refractivity contribution in [3.63, 3.8) is 0 Å². The number of hydrogen-bond acceptors (Lipinski definition) is 4. The molecule has 7 heteroatoms. The highest BCUT2D eigenvalue weighted by Gasteiger charge is 2.06. The van der Waals surface area contributed by atoms with E-state index in [2.05, 4.69) is 27.5 Å². The number of aromatic nitrogens is 1. The summed E-state index contributed by atoms with van der Waals surface area (Å²) < 4.78 is 10.9. The van der Waals surface area contributed by atoms with Crippen molar-refractivity contribution < 1.29 is 9.47 Å². The number of guanidine groups is 1. The lowest BCUT2D eigenvalue weighted by Gasteiger charge is -2.14. The van der Waals surface area contributed by atoms with Crippen LogP contribution in [0.15, 0.2) is 47.6 Å². The van der Waals surface area contributed by atoms with Crippen molar-refractivity contribution in [1.82, 2.24) is 15.6 Å². The average molecular weight is 484 g/mol. The fourth-order valence-corrected chi connectivity index (χ4v) is 2.33. The molecule has 0 aliphatic rings. The first-order chi connectivity index (χ1) is 12.8. The van der Waals surface area contributed by atoms with Gasteiger partial charge < -0.3 is 20.1 Å². The maximum atomic E-state index is 5.77. The number of nitrogens with zero attached hydrogens (tertiary/aromatic N) is 2. The Morgan fingerprint density at radius 2 is 1.85 bits per heavy atom. The van der Waals surface area contributed by atoms with Gasteiger partial charge in [-0.15, -0.1) is 24.0 Å². The normalized spacial score (nSPS) is 10.7. The Morgan fingerprint density at radius 3 is 2.52 bits per heavy atom. The van der Waals surface area contributed by atoms with E-state index in [4.69, 9.17) is 9.47 Å². The summed E-state index contributed by atoms with van der Waals surface area (Å²) in [5.74, 6) is 2.26. The first kappa shape index (κ1) is 23.0. The number of halogens is 1. The van der Waals surface area contributed by atoms with Crippen molar-refractivity contribution in [3.05, 3.63) is 53.7 Å². The topological polar surface area (TPSA) is 67.8 Å². The summed E-state index contributed by atoms with van der Waals surface area (Å²) in [4.78, 5) is 8.60. The second-order valence-corrected chi connectivity index (χ2v) is 5.80. The van der Waals surface area contributed by atoms with Crippen LogP contribution in [0.25, 0.3) is 0 Å². The van der Waals surface area contributed by atoms with Crippen molar-refractivity contribution in [2.75, 3.05) is 20.8 Å². The molecular formula is C20H29IN4O2. The van der Waals surface area contributed by atoms with Crippen LogP contribution in [0.2, 0.25) is 0 Å². The number of methoxy groups -OCH3 is 1. The van der Waals surface area contributed by atoms with E-state index in [1.807, 2.05) is 36.4 Å². The molecule has 2 rings (SSSR count). The highest BCUT2D eigenvalue weighted by atomic mass is 127. The number of hydrogen-bond donors (Lipinski definition) is 2. The van der Waals surface area contributed by atoms with E-state index in [1.54, 1.807) is 20.4 Å². The van der Waals surface area contributed by atoms with Gasteiger partial charge in [0.1, 0.15) is 5.75 Å². The molecular weight excluding hydrogens is 455 g/mol. The minimum atomic E-state index is 0. The van der Waals surface area contributed by atoms with Crippen LogP contribution in [0, 0.1) is 0 Å². The monoisotopic (exact) mass is 484 g/mol. The molecule has 27 heavy (non-hydrogen) atoms. The van der Waals surface area contributed by atoms with E-state index < -0.39 is 0 Å². The molecule has 0 bridgehead atoms. The molecule has 1 heterocycles. The quantitative estimate of drug-likeness (QED) is 0.246. The van der Waals surface area contributed by atoms with Crippen molar-refractivity contribution >= 4 is 29.9 Å². The fourth-order valence-electron chi connectivity index (χ4n) is 2.33. The van der Waals surface area contributed by atoms with Gasteiger partial charge in [0.15, 0.2) is 5.96 Å². The highest BCUT2D eigenvalue weighted by molar-refractivity contribution is 14.0. The standard InChI is InChI=1S/C20H28N4O2.HI/c1-4-5-13-26-19-17(7-6-12-22-19)15-24-20(21-2)23-14-16-8-10-18(25-3)11-9-16;/h6-12H,4-5,13-15H2,1-3H3,(H2,21,23,24);1H. The molecule has 1 aromatic carbocycles. The zero-order valence-corrected chi connectivity index (χ0v) is 18.5. The molecule has 0 radical (unpaired) electrons. The van der Waals surface area contributed by atoms with E-state index in [0.29, 0.717) is 25.6 Å². The predicted octanol–water partition coefficient (Wildman–Crippen LogP) is 3.75. The van der Waals surface area contributed by atoms with Crippen molar-refractivity contribution in [2.24, 2.45) is 4.99 Å². The van der Waals surface area contributed by atoms with Gasteiger partial charge in [0.05, 0.1) is 13.7 Å². The highest BCUT2D eigenvalue weighted by Crippen LogP contribution is 2.14. The number of nitrogens with one attached hydrogen (secondary N) is 2. The van der Waals surface area contributed by atoms with Crippen LogP contribution in [0.3, 0.4) is 0 Å². The van der Waals surface area contributed by atoms with Crippen LogP contribution in [-0.2, 0) is 13.1 Å². The summed E-state index contributed by atoms with van der Waals surface area (Å²) in [6, 6.07) is 11.9. The third-order valence-corrected chi connectivity index (χ3v) is 3.88. The van der Waals surface area contributed by atoms with Gasteiger partial charge in [-0.25, -0.2) is 4.98 Å². The van der Waals surface area contributed by atoms with Crippen molar-refractivity contribution in [3.8, 4) is 11.6 Å². The molecule has 2 N–H and O–H groups in total. The Bertz CT molecular complexity index is 693. The Hall–Kier alpha value is -2.03. The molecule has 0 atom stereocenters. The summed E-state index contributed by atoms with van der Waals surface area (Å²) in [6.45, 7) is 4.10. The van der Waals surface area contributed by atoms with Gasteiger partial charge in [0.25, 0.3) is 0 Å². The Kier molecular flexibility index (Phi) is 11.2. The molecule has 0 aliphatic heterocycles. The van der Waals surface area contributed by atoms with E-state index in [0.717, 1.165) is 35.7 Å². The summed E-state index contributed by atoms with van der Waals surface area (Å²) in [6.07, 6.45) is 3.87. The third kappa shape index (κ3) is 8.03. The van der Waals surface area contributed by atoms with Gasteiger partial charge in [-0.3, -0.25) is 4.99 Å². The molecule has 2 aromatic rings. The third-order valence-electron chi connectivity index (χ3n) is 3.88. The van der Waals surface area contributed by atoms with Crippen molar-refractivity contribution in [2.45, 2.75) is 32.9 Å². The lowest BCUT2D eigenvalue weighted by molar-refractivity contribution is 0.294. The molecule has 1 aromatic heterocycles. The summed E-state index contributed by atoms with van der Waals surface area (Å²) >= 11 is 0. The number of aliphatic imine (C=N–C) groups is 1. The first-order valence-corrected chi connectivity index (χ1v) is 8.91. The van der Waals surface area contributed by atoms with Gasteiger partial charge in [0, 0.05) is 31.9 Å². The maximum Gasteiger partial charge on any atom is 0.218 e. The number of benzene rings is 1.